The summed E-state index contributed by atoms with van der Waals surface area (Å²) >= 11 is 0. The molecule has 0 saturated carbocycles. The molecule has 0 spiro atoms. The van der Waals surface area contributed by atoms with Crippen molar-refractivity contribution in [2.45, 2.75) is 34.6 Å². The zero-order valence-corrected chi connectivity index (χ0v) is 12.5. The fraction of sp³-hybridized carbons (Fsp3) is 0.375. The van der Waals surface area contributed by atoms with Crippen LogP contribution in [-0.2, 0) is 11.8 Å². The van der Waals surface area contributed by atoms with Crippen molar-refractivity contribution < 1.29 is 9.59 Å². The molecule has 0 fully saturated rings. The van der Waals surface area contributed by atoms with Crippen LogP contribution in [0.25, 0.3) is 10.9 Å². The summed E-state index contributed by atoms with van der Waals surface area (Å²) in [6.07, 6.45) is 0. The van der Waals surface area contributed by atoms with Gasteiger partial charge in [-0.3, -0.25) is 9.59 Å². The van der Waals surface area contributed by atoms with Crippen LogP contribution in [0, 0.1) is 13.8 Å². The minimum atomic E-state index is -0.413. The number of hydrogen-bond donors (Lipinski definition) is 0. The molecule has 0 unspecified atom stereocenters. The third-order valence-electron chi connectivity index (χ3n) is 3.27. The number of hydrogen-bond acceptors (Lipinski definition) is 2. The molecule has 19 heavy (non-hydrogen) atoms. The molecular formula is C16H21NO2. The SMILES string of the molecule is CC.CC(=O)C(=O)c1c(C)n(C)c2cccc(C)c12. The fourth-order valence-electron chi connectivity index (χ4n) is 2.24. The summed E-state index contributed by atoms with van der Waals surface area (Å²) < 4.78 is 1.96. The third kappa shape index (κ3) is 2.46. The molecule has 0 N–H and O–H groups in total. The average Bonchev–Trinajstić information content (AvgIpc) is 2.66. The van der Waals surface area contributed by atoms with Crippen LogP contribution in [0.3, 0.4) is 0 Å². The molecule has 102 valence electrons. The smallest absolute Gasteiger partial charge is 0.230 e. The molecule has 0 bridgehead atoms. The minimum absolute atomic E-state index is 0.401. The predicted octanol–water partition coefficient (Wildman–Crippen LogP) is 3.59. The van der Waals surface area contributed by atoms with Gasteiger partial charge in [0.05, 0.1) is 5.56 Å². The fourth-order valence-corrected chi connectivity index (χ4v) is 2.24. The number of fused-ring (bicyclic) bond motifs is 1. The van der Waals surface area contributed by atoms with Crippen LogP contribution in [0.4, 0.5) is 0 Å². The zero-order valence-electron chi connectivity index (χ0n) is 12.5. The van der Waals surface area contributed by atoms with Crippen molar-refractivity contribution in [3.63, 3.8) is 0 Å². The second-order valence-corrected chi connectivity index (χ2v) is 4.37. The van der Waals surface area contributed by atoms with Gasteiger partial charge in [-0.1, -0.05) is 26.0 Å². The number of aromatic nitrogens is 1. The highest BCUT2D eigenvalue weighted by molar-refractivity contribution is 6.45. The highest BCUT2D eigenvalue weighted by atomic mass is 16.2. The molecule has 2 aromatic rings. The minimum Gasteiger partial charge on any atom is -0.347 e. The number of rotatable bonds is 2. The molecule has 0 atom stereocenters. The lowest BCUT2D eigenvalue weighted by atomic mass is 10.0. The first kappa shape index (κ1) is 15.2. The van der Waals surface area contributed by atoms with Crippen LogP contribution in [0.15, 0.2) is 18.2 Å². The summed E-state index contributed by atoms with van der Waals surface area (Å²) in [4.78, 5) is 23.3. The maximum atomic E-state index is 12.0. The van der Waals surface area contributed by atoms with Crippen molar-refractivity contribution in [1.82, 2.24) is 4.57 Å². The monoisotopic (exact) mass is 259 g/mol. The van der Waals surface area contributed by atoms with E-state index in [0.29, 0.717) is 5.56 Å². The van der Waals surface area contributed by atoms with Gasteiger partial charge in [0.1, 0.15) is 0 Å². The van der Waals surface area contributed by atoms with Crippen molar-refractivity contribution in [3.05, 3.63) is 35.0 Å². The Kier molecular flexibility index (Phi) is 4.65. The van der Waals surface area contributed by atoms with Crippen LogP contribution >= 0.6 is 0 Å². The molecule has 0 aliphatic rings. The van der Waals surface area contributed by atoms with E-state index < -0.39 is 11.6 Å². The van der Waals surface area contributed by atoms with E-state index in [1.807, 2.05) is 57.5 Å². The number of carbonyl (C=O) groups excluding carboxylic acids is 2. The van der Waals surface area contributed by atoms with Crippen LogP contribution in [0.1, 0.15) is 42.4 Å². The Morgan fingerprint density at radius 3 is 2.21 bits per heavy atom. The quantitative estimate of drug-likeness (QED) is 0.610. The van der Waals surface area contributed by atoms with Crippen LogP contribution in [0.5, 0.6) is 0 Å². The van der Waals surface area contributed by atoms with E-state index in [1.165, 1.54) is 6.92 Å². The van der Waals surface area contributed by atoms with E-state index in [2.05, 4.69) is 0 Å². The van der Waals surface area contributed by atoms with Gasteiger partial charge >= 0.3 is 0 Å². The van der Waals surface area contributed by atoms with Crippen molar-refractivity contribution in [2.75, 3.05) is 0 Å². The van der Waals surface area contributed by atoms with Gasteiger partial charge < -0.3 is 4.57 Å². The molecule has 3 nitrogen and oxygen atoms in total. The third-order valence-corrected chi connectivity index (χ3v) is 3.27. The normalized spacial score (nSPS) is 10.0. The molecule has 1 aromatic heterocycles. The molecule has 1 heterocycles. The van der Waals surface area contributed by atoms with Gasteiger partial charge in [-0.25, -0.2) is 0 Å². The van der Waals surface area contributed by atoms with Gasteiger partial charge in [0.15, 0.2) is 5.78 Å². The summed E-state index contributed by atoms with van der Waals surface area (Å²) in [6.45, 7) is 9.15. The van der Waals surface area contributed by atoms with Crippen LogP contribution in [-0.4, -0.2) is 16.1 Å². The summed E-state index contributed by atoms with van der Waals surface area (Å²) in [6, 6.07) is 5.88. The Hall–Kier alpha value is -1.90. The van der Waals surface area contributed by atoms with E-state index >= 15 is 0 Å². The van der Waals surface area contributed by atoms with E-state index in [4.69, 9.17) is 0 Å². The largest absolute Gasteiger partial charge is 0.347 e. The van der Waals surface area contributed by atoms with Crippen LogP contribution in [0.2, 0.25) is 0 Å². The van der Waals surface area contributed by atoms with E-state index in [-0.39, 0.29) is 0 Å². The molecule has 1 aromatic carbocycles. The predicted molar refractivity (Wildman–Crippen MR) is 78.8 cm³/mol. The Morgan fingerprint density at radius 2 is 1.68 bits per heavy atom. The average molecular weight is 259 g/mol. The summed E-state index contributed by atoms with van der Waals surface area (Å²) in [5.41, 5.74) is 3.41. The molecule has 0 saturated heterocycles. The standard InChI is InChI=1S/C14H15NO2.C2H6/c1-8-6-5-7-11-12(8)13(9(2)15(11)4)14(17)10(3)16;1-2/h5-7H,1-4H3;1-2H3. The van der Waals surface area contributed by atoms with E-state index in [9.17, 15) is 9.59 Å². The lowest BCUT2D eigenvalue weighted by Gasteiger charge is -1.99. The number of Topliss-reactive ketones (excluding diaryl/α,β-unsaturated/α-hetero) is 2. The number of benzene rings is 1. The summed E-state index contributed by atoms with van der Waals surface area (Å²) in [5, 5.41) is 0.896. The van der Waals surface area contributed by atoms with Crippen LogP contribution < -0.4 is 0 Å². The lowest BCUT2D eigenvalue weighted by molar-refractivity contribution is -0.113. The first-order valence-electron chi connectivity index (χ1n) is 6.55. The van der Waals surface area contributed by atoms with Gasteiger partial charge in [-0.05, 0) is 25.5 Å². The molecule has 0 aliphatic carbocycles. The Morgan fingerprint density at radius 1 is 1.11 bits per heavy atom. The van der Waals surface area contributed by atoms with Gasteiger partial charge in [-0.2, -0.15) is 0 Å². The summed E-state index contributed by atoms with van der Waals surface area (Å²) in [7, 11) is 1.91. The summed E-state index contributed by atoms with van der Waals surface area (Å²) in [5.74, 6) is -0.814. The zero-order chi connectivity index (χ0) is 14.7. The molecular weight excluding hydrogens is 238 g/mol. The molecule has 3 heteroatoms. The number of aryl methyl sites for hydroxylation is 2. The first-order chi connectivity index (χ1) is 8.95. The van der Waals surface area contributed by atoms with Gasteiger partial charge in [0, 0.05) is 30.6 Å². The van der Waals surface area contributed by atoms with Crippen molar-refractivity contribution in [3.8, 4) is 0 Å². The highest BCUT2D eigenvalue weighted by Gasteiger charge is 2.22. The highest BCUT2D eigenvalue weighted by Crippen LogP contribution is 2.28. The Bertz CT molecular complexity index is 636. The number of carbonyl (C=O) groups is 2. The van der Waals surface area contributed by atoms with Crippen molar-refractivity contribution in [1.29, 1.82) is 0 Å². The Balaban J connectivity index is 0.000000861. The second kappa shape index (κ2) is 5.83. The second-order valence-electron chi connectivity index (χ2n) is 4.37. The lowest BCUT2D eigenvalue weighted by Crippen LogP contribution is -2.11. The molecule has 0 aliphatic heterocycles. The van der Waals surface area contributed by atoms with Gasteiger partial charge in [0.2, 0.25) is 5.78 Å². The first-order valence-corrected chi connectivity index (χ1v) is 6.55. The number of ketones is 2. The van der Waals surface area contributed by atoms with Gasteiger partial charge in [0.25, 0.3) is 0 Å². The molecule has 2 rings (SSSR count). The van der Waals surface area contributed by atoms with Crippen molar-refractivity contribution in [2.24, 2.45) is 7.05 Å². The van der Waals surface area contributed by atoms with E-state index in [1.54, 1.807) is 0 Å². The number of nitrogens with zero attached hydrogens (tertiary/aromatic N) is 1. The van der Waals surface area contributed by atoms with E-state index in [0.717, 1.165) is 22.2 Å². The maximum Gasteiger partial charge on any atom is 0.230 e. The maximum absolute atomic E-state index is 12.0. The van der Waals surface area contributed by atoms with Crippen molar-refractivity contribution >= 4 is 22.5 Å². The Labute approximate surface area is 114 Å². The molecule has 0 radical (unpaired) electrons. The van der Waals surface area contributed by atoms with Gasteiger partial charge in [-0.15, -0.1) is 0 Å². The molecule has 0 amide bonds. The topological polar surface area (TPSA) is 39.1 Å².